The lowest BCUT2D eigenvalue weighted by Crippen LogP contribution is -2.42. The predicted octanol–water partition coefficient (Wildman–Crippen LogP) is -2.24. The molecule has 0 aromatic rings. The number of aliphatic hydroxyl groups is 4. The van der Waals surface area contributed by atoms with Gasteiger partial charge in [-0.05, 0) is 0 Å². The summed E-state index contributed by atoms with van der Waals surface area (Å²) in [5.74, 6) is 0. The van der Waals surface area contributed by atoms with E-state index in [1.54, 1.807) is 0 Å². The second-order valence-electron chi connectivity index (χ2n) is 2.38. The van der Waals surface area contributed by atoms with Gasteiger partial charge >= 0.3 is 6.16 Å². The zero-order valence-corrected chi connectivity index (χ0v) is 6.70. The average molecular weight is 196 g/mol. The highest BCUT2D eigenvalue weighted by atomic mass is 16.7. The zero-order chi connectivity index (χ0) is 10.4. The first kappa shape index (κ1) is 12.1. The van der Waals surface area contributed by atoms with Crippen molar-refractivity contribution in [1.82, 2.24) is 0 Å². The molecular formula is C6H12O7. The van der Waals surface area contributed by atoms with E-state index in [-0.39, 0.29) is 0 Å². The number of carbonyl (C=O) groups is 1. The van der Waals surface area contributed by atoms with Crippen molar-refractivity contribution in [2.24, 2.45) is 0 Å². The van der Waals surface area contributed by atoms with Gasteiger partial charge in [-0.15, -0.1) is 0 Å². The molecule has 3 atom stereocenters. The van der Waals surface area contributed by atoms with Crippen LogP contribution in [-0.4, -0.2) is 63.2 Å². The first-order chi connectivity index (χ1) is 5.99. The largest absolute Gasteiger partial charge is 0.505 e. The van der Waals surface area contributed by atoms with Crippen LogP contribution in [0.1, 0.15) is 0 Å². The van der Waals surface area contributed by atoms with E-state index in [0.717, 1.165) is 0 Å². The third-order valence-electron chi connectivity index (χ3n) is 1.35. The lowest BCUT2D eigenvalue weighted by molar-refractivity contribution is -0.0938. The molecule has 0 unspecified atom stereocenters. The van der Waals surface area contributed by atoms with Gasteiger partial charge in [0, 0.05) is 0 Å². The maximum absolute atomic E-state index is 9.84. The van der Waals surface area contributed by atoms with E-state index in [0.29, 0.717) is 0 Å². The van der Waals surface area contributed by atoms with E-state index in [9.17, 15) is 4.79 Å². The number of aliphatic hydroxyl groups excluding tert-OH is 4. The highest BCUT2D eigenvalue weighted by Gasteiger charge is 2.24. The van der Waals surface area contributed by atoms with Crippen LogP contribution in [0, 0.1) is 0 Å². The summed E-state index contributed by atoms with van der Waals surface area (Å²) in [7, 11) is 0. The Balaban J connectivity index is 3.81. The molecule has 7 nitrogen and oxygen atoms in total. The van der Waals surface area contributed by atoms with Gasteiger partial charge in [-0.25, -0.2) is 4.79 Å². The second-order valence-corrected chi connectivity index (χ2v) is 2.38. The van der Waals surface area contributed by atoms with Crippen LogP contribution in [0.25, 0.3) is 0 Å². The van der Waals surface area contributed by atoms with Crippen LogP contribution >= 0.6 is 0 Å². The third-order valence-corrected chi connectivity index (χ3v) is 1.35. The summed E-state index contributed by atoms with van der Waals surface area (Å²) in [6.45, 7) is -1.39. The molecule has 0 radical (unpaired) electrons. The average Bonchev–Trinajstić information content (AvgIpc) is 2.11. The first-order valence-electron chi connectivity index (χ1n) is 3.49. The summed E-state index contributed by atoms with van der Waals surface area (Å²) in [5.41, 5.74) is 0. The molecular weight excluding hydrogens is 184 g/mol. The molecule has 0 spiro atoms. The van der Waals surface area contributed by atoms with Crippen LogP contribution in [-0.2, 0) is 4.74 Å². The molecule has 0 fully saturated rings. The summed E-state index contributed by atoms with van der Waals surface area (Å²) >= 11 is 0. The quantitative estimate of drug-likeness (QED) is 0.314. The van der Waals surface area contributed by atoms with Gasteiger partial charge in [-0.3, -0.25) is 0 Å². The summed E-state index contributed by atoms with van der Waals surface area (Å²) in [6, 6.07) is 0. The second kappa shape index (κ2) is 5.70. The number of carboxylic acid groups (broad SMARTS) is 1. The Morgan fingerprint density at radius 1 is 1.23 bits per heavy atom. The van der Waals surface area contributed by atoms with Crippen molar-refractivity contribution in [2.45, 2.75) is 18.3 Å². The minimum atomic E-state index is -1.63. The minimum absolute atomic E-state index is 0.659. The molecule has 0 bridgehead atoms. The third kappa shape index (κ3) is 4.63. The van der Waals surface area contributed by atoms with Gasteiger partial charge in [0.25, 0.3) is 0 Å². The zero-order valence-electron chi connectivity index (χ0n) is 6.70. The molecule has 0 aliphatic rings. The summed E-state index contributed by atoms with van der Waals surface area (Å²) in [5, 5.41) is 43.1. The molecule has 7 heteroatoms. The van der Waals surface area contributed by atoms with Crippen LogP contribution in [0.2, 0.25) is 0 Å². The van der Waals surface area contributed by atoms with E-state index in [1.807, 2.05) is 0 Å². The van der Waals surface area contributed by atoms with Crippen molar-refractivity contribution in [3.63, 3.8) is 0 Å². The maximum atomic E-state index is 9.84. The number of hydrogen-bond acceptors (Lipinski definition) is 6. The first-order valence-corrected chi connectivity index (χ1v) is 3.49. The Hall–Kier alpha value is -0.890. The highest BCUT2D eigenvalue weighted by molar-refractivity contribution is 5.56. The molecule has 78 valence electrons. The molecule has 0 amide bonds. The van der Waals surface area contributed by atoms with Crippen LogP contribution in [0.15, 0.2) is 0 Å². The molecule has 0 heterocycles. The van der Waals surface area contributed by atoms with Crippen molar-refractivity contribution in [3.05, 3.63) is 0 Å². The summed E-state index contributed by atoms with van der Waals surface area (Å²) < 4.78 is 3.93. The lowest BCUT2D eigenvalue weighted by Gasteiger charge is -2.20. The molecule has 0 aliphatic carbocycles. The smallest absolute Gasteiger partial charge is 0.450 e. The Morgan fingerprint density at radius 2 is 1.77 bits per heavy atom. The molecule has 0 rings (SSSR count). The van der Waals surface area contributed by atoms with E-state index in [2.05, 4.69) is 4.74 Å². The lowest BCUT2D eigenvalue weighted by atomic mass is 10.1. The summed E-state index contributed by atoms with van der Waals surface area (Å²) in [4.78, 5) is 9.84. The van der Waals surface area contributed by atoms with Crippen molar-refractivity contribution in [3.8, 4) is 0 Å². The Bertz CT molecular complexity index is 159. The van der Waals surface area contributed by atoms with Crippen LogP contribution < -0.4 is 0 Å². The molecule has 0 aromatic heterocycles. The van der Waals surface area contributed by atoms with Crippen molar-refractivity contribution in [2.75, 3.05) is 13.2 Å². The Kier molecular flexibility index (Phi) is 5.31. The fraction of sp³-hybridized carbons (Fsp3) is 0.833. The highest BCUT2D eigenvalue weighted by Crippen LogP contribution is 2.00. The van der Waals surface area contributed by atoms with Crippen molar-refractivity contribution in [1.29, 1.82) is 0 Å². The van der Waals surface area contributed by atoms with Gasteiger partial charge in [0.15, 0.2) is 0 Å². The topological polar surface area (TPSA) is 127 Å². The molecule has 0 aliphatic heterocycles. The van der Waals surface area contributed by atoms with Crippen LogP contribution in [0.3, 0.4) is 0 Å². The van der Waals surface area contributed by atoms with Gasteiger partial charge < -0.3 is 30.3 Å². The number of ether oxygens (including phenoxy) is 1. The van der Waals surface area contributed by atoms with Gasteiger partial charge in [0.05, 0.1) is 6.61 Å². The fourth-order valence-corrected chi connectivity index (χ4v) is 0.620. The monoisotopic (exact) mass is 196 g/mol. The van der Waals surface area contributed by atoms with E-state index in [1.165, 1.54) is 0 Å². The number of rotatable bonds is 5. The van der Waals surface area contributed by atoms with Gasteiger partial charge in [0.2, 0.25) is 0 Å². The molecule has 13 heavy (non-hydrogen) atoms. The minimum Gasteiger partial charge on any atom is -0.450 e. The van der Waals surface area contributed by atoms with Crippen molar-refractivity contribution < 1.29 is 35.1 Å². The van der Waals surface area contributed by atoms with Gasteiger partial charge in [-0.2, -0.15) is 0 Å². The summed E-state index contributed by atoms with van der Waals surface area (Å²) in [6.07, 6.45) is -6.31. The molecule has 0 saturated heterocycles. The number of hydrogen-bond donors (Lipinski definition) is 5. The standard InChI is InChI=1S/C6H12O7/c7-1-3(8)5(10)4(9)2-13-6(11)12/h3-5,7-10H,1-2H2,(H,11,12)/t3-,4-,5-/m1/s1. The molecule has 5 N–H and O–H groups in total. The van der Waals surface area contributed by atoms with Gasteiger partial charge in [-0.1, -0.05) is 0 Å². The van der Waals surface area contributed by atoms with E-state index >= 15 is 0 Å². The van der Waals surface area contributed by atoms with E-state index in [4.69, 9.17) is 25.5 Å². The molecule has 0 aromatic carbocycles. The van der Waals surface area contributed by atoms with Crippen molar-refractivity contribution >= 4 is 6.16 Å². The Morgan fingerprint density at radius 3 is 2.15 bits per heavy atom. The van der Waals surface area contributed by atoms with Crippen LogP contribution in [0.5, 0.6) is 0 Å². The fourth-order valence-electron chi connectivity index (χ4n) is 0.620. The van der Waals surface area contributed by atoms with Crippen LogP contribution in [0.4, 0.5) is 4.79 Å². The van der Waals surface area contributed by atoms with E-state index < -0.39 is 37.7 Å². The molecule has 0 saturated carbocycles. The SMILES string of the molecule is O=C(O)OC[C@@H](O)[C@H](O)[C@H](O)CO. The normalized spacial score (nSPS) is 17.5. The Labute approximate surface area is 73.8 Å². The predicted molar refractivity (Wildman–Crippen MR) is 39.1 cm³/mol. The van der Waals surface area contributed by atoms with Gasteiger partial charge in [0.1, 0.15) is 24.9 Å². The maximum Gasteiger partial charge on any atom is 0.505 e.